The Balaban J connectivity index is 0.00000243. The van der Waals surface area contributed by atoms with Gasteiger partial charge in [0.05, 0.1) is 12.3 Å². The number of ether oxygens (including phenoxy) is 1. The third-order valence-electron chi connectivity index (χ3n) is 4.11. The molecule has 26 heavy (non-hydrogen) atoms. The second kappa shape index (κ2) is 10.7. The second-order valence-corrected chi connectivity index (χ2v) is 8.45. The minimum atomic E-state index is -0.343. The van der Waals surface area contributed by atoms with E-state index in [1.807, 2.05) is 12.1 Å². The quantitative estimate of drug-likeness (QED) is 0.480. The van der Waals surface area contributed by atoms with Crippen molar-refractivity contribution >= 4 is 27.7 Å². The van der Waals surface area contributed by atoms with E-state index in [2.05, 4.69) is 47.4 Å². The van der Waals surface area contributed by atoms with E-state index in [9.17, 15) is 4.79 Å². The fourth-order valence-corrected chi connectivity index (χ4v) is 4.87. The van der Waals surface area contributed by atoms with E-state index in [0.717, 1.165) is 18.1 Å². The number of amides is 1. The minimum absolute atomic E-state index is 0. The Morgan fingerprint density at radius 1 is 1.00 bits per heavy atom. The number of quaternary nitrogens is 1. The van der Waals surface area contributed by atoms with E-state index in [-0.39, 0.29) is 24.4 Å². The van der Waals surface area contributed by atoms with Gasteiger partial charge in [0.25, 0.3) is 0 Å². The van der Waals surface area contributed by atoms with E-state index in [0.29, 0.717) is 13.2 Å². The molecule has 0 heterocycles. The van der Waals surface area contributed by atoms with Crippen molar-refractivity contribution < 1.29 is 27.7 Å². The first-order chi connectivity index (χ1) is 12.3. The van der Waals surface area contributed by atoms with Crippen molar-refractivity contribution in [3.05, 3.63) is 59.7 Å². The van der Waals surface area contributed by atoms with Gasteiger partial charge in [-0.3, -0.25) is 0 Å². The second-order valence-electron chi connectivity index (χ2n) is 5.75. The topological polar surface area (TPSA) is 66.0 Å². The van der Waals surface area contributed by atoms with Gasteiger partial charge in [0, 0.05) is 18.2 Å². The first kappa shape index (κ1) is 21.0. The molecule has 0 aliphatic heterocycles. The molecule has 1 amide bonds. The molecular formula is C19H23ClN2O2S2. The maximum atomic E-state index is 12.0. The third kappa shape index (κ3) is 5.10. The van der Waals surface area contributed by atoms with Crippen molar-refractivity contribution in [2.24, 2.45) is 0 Å². The molecule has 7 heteroatoms. The molecule has 0 unspecified atom stereocenters. The fourth-order valence-electron chi connectivity index (χ4n) is 3.02. The van der Waals surface area contributed by atoms with Crippen molar-refractivity contribution in [2.45, 2.75) is 5.92 Å². The number of fused-ring (bicyclic) bond motifs is 3. The van der Waals surface area contributed by atoms with Gasteiger partial charge in [-0.15, -0.1) is 0 Å². The van der Waals surface area contributed by atoms with Crippen LogP contribution in [0.25, 0.3) is 11.1 Å². The van der Waals surface area contributed by atoms with Gasteiger partial charge in [0.2, 0.25) is 0 Å². The monoisotopic (exact) mass is 410 g/mol. The van der Waals surface area contributed by atoms with Gasteiger partial charge in [-0.2, -0.15) is 0 Å². The summed E-state index contributed by atoms with van der Waals surface area (Å²) in [7, 11) is 3.54. The van der Waals surface area contributed by atoms with Crippen LogP contribution in [0.3, 0.4) is 0 Å². The SMILES string of the molecule is [Cl-].[NH3+]CCSSCCNC(=O)OCC1c2ccccc2-c2ccccc21. The van der Waals surface area contributed by atoms with Crippen molar-refractivity contribution in [3.63, 3.8) is 0 Å². The predicted octanol–water partition coefficient (Wildman–Crippen LogP) is 0.152. The lowest BCUT2D eigenvalue weighted by Gasteiger charge is -2.14. The van der Waals surface area contributed by atoms with E-state index < -0.39 is 0 Å². The van der Waals surface area contributed by atoms with E-state index in [4.69, 9.17) is 4.74 Å². The van der Waals surface area contributed by atoms with Crippen LogP contribution in [-0.4, -0.2) is 37.3 Å². The Hall–Kier alpha value is -1.34. The van der Waals surface area contributed by atoms with Gasteiger partial charge < -0.3 is 28.2 Å². The van der Waals surface area contributed by atoms with Crippen molar-refractivity contribution in [1.29, 1.82) is 0 Å². The Kier molecular flexibility index (Phi) is 8.65. The largest absolute Gasteiger partial charge is 1.00 e. The highest BCUT2D eigenvalue weighted by Crippen LogP contribution is 2.44. The maximum Gasteiger partial charge on any atom is 0.407 e. The number of benzene rings is 2. The first-order valence-electron chi connectivity index (χ1n) is 8.43. The van der Waals surface area contributed by atoms with Crippen LogP contribution in [0.15, 0.2) is 48.5 Å². The molecule has 0 saturated carbocycles. The third-order valence-corrected chi connectivity index (χ3v) is 6.60. The summed E-state index contributed by atoms with van der Waals surface area (Å²) in [4.78, 5) is 12.0. The summed E-state index contributed by atoms with van der Waals surface area (Å²) in [6.45, 7) is 1.91. The summed E-state index contributed by atoms with van der Waals surface area (Å²) in [5, 5.41) is 2.82. The number of nitrogens with one attached hydrogen (secondary N) is 1. The average Bonchev–Trinajstić information content (AvgIpc) is 2.97. The summed E-state index contributed by atoms with van der Waals surface area (Å²) in [6.07, 6.45) is -0.343. The molecule has 140 valence electrons. The molecular weight excluding hydrogens is 388 g/mol. The maximum absolute atomic E-state index is 12.0. The van der Waals surface area contributed by atoms with Gasteiger partial charge in [0.1, 0.15) is 6.61 Å². The number of carbonyl (C=O) groups excluding carboxylic acids is 1. The van der Waals surface area contributed by atoms with Crippen LogP contribution < -0.4 is 23.5 Å². The summed E-state index contributed by atoms with van der Waals surface area (Å²) in [5.41, 5.74) is 8.75. The van der Waals surface area contributed by atoms with E-state index in [1.165, 1.54) is 22.3 Å². The molecule has 2 aromatic carbocycles. The molecule has 0 bridgehead atoms. The molecule has 0 aromatic heterocycles. The average molecular weight is 411 g/mol. The van der Waals surface area contributed by atoms with Crippen LogP contribution in [-0.2, 0) is 4.74 Å². The van der Waals surface area contributed by atoms with Gasteiger partial charge in [-0.25, -0.2) is 4.79 Å². The zero-order valence-corrected chi connectivity index (χ0v) is 16.8. The van der Waals surface area contributed by atoms with Gasteiger partial charge in [-0.1, -0.05) is 70.1 Å². The molecule has 2 aromatic rings. The molecule has 3 rings (SSSR count). The molecule has 4 N–H and O–H groups in total. The number of hydrogen-bond donors (Lipinski definition) is 2. The molecule has 4 nitrogen and oxygen atoms in total. The molecule has 0 atom stereocenters. The number of halogens is 1. The molecule has 0 spiro atoms. The molecule has 0 fully saturated rings. The molecule has 1 aliphatic rings. The zero-order valence-electron chi connectivity index (χ0n) is 14.4. The number of rotatable bonds is 8. The lowest BCUT2D eigenvalue weighted by molar-refractivity contribution is -0.360. The number of hydrogen-bond acceptors (Lipinski definition) is 4. The first-order valence-corrected chi connectivity index (χ1v) is 10.9. The number of carbonyl (C=O) groups is 1. The van der Waals surface area contributed by atoms with Crippen LogP contribution in [0.1, 0.15) is 17.0 Å². The lowest BCUT2D eigenvalue weighted by Crippen LogP contribution is -3.00. The highest BCUT2D eigenvalue weighted by Gasteiger charge is 2.28. The molecule has 1 aliphatic carbocycles. The van der Waals surface area contributed by atoms with Gasteiger partial charge in [0.15, 0.2) is 0 Å². The molecule has 0 saturated heterocycles. The fraction of sp³-hybridized carbons (Fsp3) is 0.316. The van der Waals surface area contributed by atoms with Crippen LogP contribution in [0, 0.1) is 0 Å². The summed E-state index contributed by atoms with van der Waals surface area (Å²) in [6, 6.07) is 16.7. The van der Waals surface area contributed by atoms with Crippen LogP contribution in [0.4, 0.5) is 4.79 Å². The Morgan fingerprint density at radius 2 is 1.58 bits per heavy atom. The highest BCUT2D eigenvalue weighted by atomic mass is 35.5. The Bertz CT molecular complexity index is 685. The smallest absolute Gasteiger partial charge is 0.407 e. The van der Waals surface area contributed by atoms with Crippen molar-refractivity contribution in [1.82, 2.24) is 5.32 Å². The summed E-state index contributed by atoms with van der Waals surface area (Å²) >= 11 is 0. The summed E-state index contributed by atoms with van der Waals surface area (Å²) in [5.74, 6) is 2.02. The van der Waals surface area contributed by atoms with E-state index in [1.54, 1.807) is 21.6 Å². The van der Waals surface area contributed by atoms with Crippen molar-refractivity contribution in [3.8, 4) is 11.1 Å². The zero-order chi connectivity index (χ0) is 17.5. The van der Waals surface area contributed by atoms with Crippen molar-refractivity contribution in [2.75, 3.05) is 31.2 Å². The highest BCUT2D eigenvalue weighted by molar-refractivity contribution is 8.76. The standard InChI is InChI=1S/C19H22N2O2S2.ClH/c20-9-11-24-25-12-10-21-19(22)23-13-18-16-7-3-1-5-14(16)15-6-2-4-8-17(15)18;/h1-8,18H,9-13,20H2,(H,21,22);1H. The van der Waals surface area contributed by atoms with Crippen LogP contribution in [0.5, 0.6) is 0 Å². The van der Waals surface area contributed by atoms with Crippen LogP contribution in [0.2, 0.25) is 0 Å². The van der Waals surface area contributed by atoms with Gasteiger partial charge >= 0.3 is 6.09 Å². The van der Waals surface area contributed by atoms with Crippen LogP contribution >= 0.6 is 21.6 Å². The minimum Gasteiger partial charge on any atom is -1.00 e. The van der Waals surface area contributed by atoms with E-state index >= 15 is 0 Å². The number of alkyl carbamates (subject to hydrolysis) is 1. The lowest BCUT2D eigenvalue weighted by atomic mass is 9.98. The Morgan fingerprint density at radius 3 is 2.19 bits per heavy atom. The summed E-state index contributed by atoms with van der Waals surface area (Å²) < 4.78 is 5.49. The predicted molar refractivity (Wildman–Crippen MR) is 106 cm³/mol. The molecule has 0 radical (unpaired) electrons. The normalized spacial score (nSPS) is 12.0. The van der Waals surface area contributed by atoms with Gasteiger partial charge in [-0.05, 0) is 22.3 Å². The Labute approximate surface area is 168 Å².